The fraction of sp³-hybridized carbons (Fsp3) is 0.702. The second-order valence-corrected chi connectivity index (χ2v) is 19.2. The minimum atomic E-state index is -4.85. The van der Waals surface area contributed by atoms with Crippen LogP contribution in [-0.4, -0.2) is 84.3 Å². The molecule has 2 saturated heterocycles. The van der Waals surface area contributed by atoms with Crippen LogP contribution >= 0.6 is 7.82 Å². The highest BCUT2D eigenvalue weighted by Crippen LogP contribution is 2.52. The first-order valence-electron chi connectivity index (χ1n) is 23.2. The molecule has 3 heterocycles. The summed E-state index contributed by atoms with van der Waals surface area (Å²) >= 11 is 0. The van der Waals surface area contributed by atoms with Gasteiger partial charge in [-0.1, -0.05) is 104 Å². The molecule has 0 radical (unpaired) electrons. The number of H-pyrrole nitrogens is 1. The molecular formula is C47H73N6O10P. The molecule has 1 aromatic heterocycles. The summed E-state index contributed by atoms with van der Waals surface area (Å²) < 4.78 is 60.9. The van der Waals surface area contributed by atoms with Gasteiger partial charge < -0.3 is 44.0 Å². The lowest BCUT2D eigenvalue weighted by molar-refractivity contribution is -0.204. The smallest absolute Gasteiger partial charge is 0.472 e. The lowest BCUT2D eigenvalue weighted by Crippen LogP contribution is -2.45. The average molecular weight is 913 g/mol. The number of unbranched alkanes of at least 4 members (excludes halogenated alkanes) is 11. The Balaban J connectivity index is 1.29. The van der Waals surface area contributed by atoms with Gasteiger partial charge in [-0.15, -0.1) is 0 Å². The van der Waals surface area contributed by atoms with Crippen LogP contribution in [0.3, 0.4) is 0 Å². The van der Waals surface area contributed by atoms with E-state index in [0.717, 1.165) is 31.5 Å². The first kappa shape index (κ1) is 52.8. The Labute approximate surface area is 380 Å². The lowest BCUT2D eigenvalue weighted by Gasteiger charge is -2.29. The van der Waals surface area contributed by atoms with Crippen LogP contribution in [0, 0.1) is 34.0 Å². The van der Waals surface area contributed by atoms with Crippen molar-refractivity contribution in [1.29, 1.82) is 15.9 Å². The molecule has 0 bridgehead atoms. The number of phosphoric acid groups is 1. The predicted molar refractivity (Wildman–Crippen MR) is 244 cm³/mol. The summed E-state index contributed by atoms with van der Waals surface area (Å²) in [6.45, 7) is 11.1. The van der Waals surface area contributed by atoms with Crippen LogP contribution in [0.4, 0.5) is 0 Å². The molecule has 0 spiro atoms. The molecule has 356 valence electrons. The summed E-state index contributed by atoms with van der Waals surface area (Å²) in [5, 5.41) is 27.3. The van der Waals surface area contributed by atoms with E-state index >= 15 is 0 Å². The number of rotatable bonds is 32. The van der Waals surface area contributed by atoms with Crippen LogP contribution in [0.1, 0.15) is 161 Å². The van der Waals surface area contributed by atoms with E-state index in [4.69, 9.17) is 48.6 Å². The summed E-state index contributed by atoms with van der Waals surface area (Å²) in [4.78, 5) is 17.8. The molecule has 2 aromatic rings. The minimum absolute atomic E-state index is 0.0298. The number of amidine groups is 1. The van der Waals surface area contributed by atoms with Crippen molar-refractivity contribution in [2.45, 2.75) is 180 Å². The van der Waals surface area contributed by atoms with Crippen molar-refractivity contribution in [3.63, 3.8) is 0 Å². The number of hydrogen-bond donors (Lipinski definition) is 4. The number of aliphatic imine (C=N–C) groups is 1. The van der Waals surface area contributed by atoms with E-state index in [0.29, 0.717) is 35.1 Å². The fourth-order valence-corrected chi connectivity index (χ4v) is 8.79. The van der Waals surface area contributed by atoms with Crippen molar-refractivity contribution in [2.24, 2.45) is 16.6 Å². The molecule has 0 saturated carbocycles. The van der Waals surface area contributed by atoms with Gasteiger partial charge in [-0.3, -0.25) is 14.5 Å². The van der Waals surface area contributed by atoms with E-state index in [9.17, 15) is 20.0 Å². The topological polar surface area (TPSA) is 237 Å². The maximum Gasteiger partial charge on any atom is 0.472 e. The van der Waals surface area contributed by atoms with Crippen LogP contribution in [-0.2, 0) is 32.6 Å². The van der Waals surface area contributed by atoms with E-state index in [2.05, 4.69) is 36.0 Å². The molecule has 16 nitrogen and oxygen atoms in total. The highest BCUT2D eigenvalue weighted by atomic mass is 31.2. The number of nitrogens with two attached hydrogens (primary N) is 1. The van der Waals surface area contributed by atoms with Gasteiger partial charge in [0.15, 0.2) is 5.79 Å². The zero-order valence-electron chi connectivity index (χ0n) is 38.9. The second-order valence-electron chi connectivity index (χ2n) is 17.7. The Morgan fingerprint density at radius 3 is 2.25 bits per heavy atom. The van der Waals surface area contributed by atoms with E-state index in [1.54, 1.807) is 44.2 Å². The summed E-state index contributed by atoms with van der Waals surface area (Å²) in [7, 11) is -4.85. The Morgan fingerprint density at radius 2 is 1.61 bits per heavy atom. The number of aromatic amines is 1. The number of ether oxygens (including phenoxy) is 6. The monoisotopic (exact) mass is 913 g/mol. The number of nitrogens with one attached hydrogen (secondary N) is 2. The maximum atomic E-state index is 13.5. The number of hydrogen-bond acceptors (Lipinski definition) is 12. The van der Waals surface area contributed by atoms with Crippen LogP contribution in [0.15, 0.2) is 35.3 Å². The van der Waals surface area contributed by atoms with Crippen LogP contribution in [0.2, 0.25) is 0 Å². The average Bonchev–Trinajstić information content (AvgIpc) is 3.95. The van der Waals surface area contributed by atoms with Gasteiger partial charge in [0.05, 0.1) is 30.6 Å². The molecule has 0 amide bonds. The van der Waals surface area contributed by atoms with Gasteiger partial charge in [0, 0.05) is 18.4 Å². The number of fused-ring (bicyclic) bond motifs is 1. The number of phosphoric ester groups is 1. The van der Waals surface area contributed by atoms with Gasteiger partial charge in [-0.2, -0.15) is 10.5 Å². The van der Waals surface area contributed by atoms with Gasteiger partial charge in [0.25, 0.3) is 0 Å². The second kappa shape index (κ2) is 26.3. The van der Waals surface area contributed by atoms with Gasteiger partial charge in [-0.25, -0.2) is 9.56 Å². The third-order valence-electron chi connectivity index (χ3n) is 11.4. The Kier molecular flexibility index (Phi) is 21.7. The fourth-order valence-electron chi connectivity index (χ4n) is 8.01. The zero-order valence-corrected chi connectivity index (χ0v) is 39.7. The minimum Gasteiger partial charge on any atom is -0.489 e. The van der Waals surface area contributed by atoms with Gasteiger partial charge >= 0.3 is 7.82 Å². The molecule has 64 heavy (non-hydrogen) atoms. The van der Waals surface area contributed by atoms with Crippen LogP contribution < -0.4 is 15.2 Å². The lowest BCUT2D eigenvalue weighted by atomic mass is 9.96. The molecule has 2 fully saturated rings. The molecule has 1 aromatic carbocycles. The van der Waals surface area contributed by atoms with Crippen LogP contribution in [0.25, 0.3) is 0 Å². The molecule has 4 rings (SSSR count). The van der Waals surface area contributed by atoms with Crippen molar-refractivity contribution in [2.75, 3.05) is 26.4 Å². The number of aromatic nitrogens is 1. The third kappa shape index (κ3) is 16.9. The standard InChI is InChI=1S/C47H73N6O10P/c1-7-8-17-20-35(4)21-18-15-13-11-9-10-12-14-16-19-26-56-29-38(60-37-23-22-36(28-48)41(27-37)59-34(2)3)30-57-64(54,55)58-32-47(31-49)44-43(61-46(5,6)63-44)42(62-47)39-24-25-40(53-39)45(51)52-33-50/h22-25,27,33-35,38,42-44,53H,7-21,26,29-30,32H2,1-6H3,(H,54,55)(H3,50,51,52)/t35?,38-,42+,43+,44+,47-/m1/s1. The molecule has 0 aliphatic carbocycles. The van der Waals surface area contributed by atoms with Gasteiger partial charge in [0.2, 0.25) is 5.60 Å². The van der Waals surface area contributed by atoms with Gasteiger partial charge in [0.1, 0.15) is 66.8 Å². The predicted octanol–water partition coefficient (Wildman–Crippen LogP) is 9.95. The quantitative estimate of drug-likeness (QED) is 0.0232. The summed E-state index contributed by atoms with van der Waals surface area (Å²) in [6.07, 6.45) is 15.8. The van der Waals surface area contributed by atoms with E-state index in [1.807, 2.05) is 13.8 Å². The number of nitrogens with zero attached hydrogens (tertiary/aromatic N) is 3. The normalized spacial score (nSPS) is 22.3. The number of benzene rings is 1. The number of nitriles is 2. The molecule has 2 aliphatic heterocycles. The van der Waals surface area contributed by atoms with Crippen molar-refractivity contribution in [1.82, 2.24) is 4.98 Å². The SMILES string of the molecule is CCCCCC(C)CCCCCCCCCCCCOC[C@H](COP(=O)(O)OC[C@@]1(C#N)O[C@@H](c2ccc(/C(N)=N\C=N)[nH]2)[C@@H]2OC(C)(C)O[C@@H]21)Oc1ccc(C#N)c(OC(C)C)c1. The van der Waals surface area contributed by atoms with E-state index < -0.39 is 56.8 Å². The molecule has 2 unspecified atom stereocenters. The van der Waals surface area contributed by atoms with Gasteiger partial charge in [-0.05, 0) is 64.3 Å². The Hall–Kier alpha value is -3.83. The summed E-state index contributed by atoms with van der Waals surface area (Å²) in [6, 6.07) is 12.3. The van der Waals surface area contributed by atoms with Crippen molar-refractivity contribution in [3.8, 4) is 23.6 Å². The largest absolute Gasteiger partial charge is 0.489 e. The van der Waals surface area contributed by atoms with Crippen molar-refractivity contribution < 1.29 is 46.9 Å². The highest BCUT2D eigenvalue weighted by Gasteiger charge is 2.64. The first-order chi connectivity index (χ1) is 30.6. The maximum absolute atomic E-state index is 13.5. The third-order valence-corrected chi connectivity index (χ3v) is 12.3. The Morgan fingerprint density at radius 1 is 0.938 bits per heavy atom. The molecule has 5 N–H and O–H groups in total. The van der Waals surface area contributed by atoms with Crippen molar-refractivity contribution >= 4 is 20.0 Å². The summed E-state index contributed by atoms with van der Waals surface area (Å²) in [5.41, 5.74) is 5.30. The molecular weight excluding hydrogens is 840 g/mol. The van der Waals surface area contributed by atoms with Crippen molar-refractivity contribution in [3.05, 3.63) is 47.3 Å². The molecule has 17 heteroatoms. The van der Waals surface area contributed by atoms with E-state index in [1.165, 1.54) is 77.0 Å². The highest BCUT2D eigenvalue weighted by molar-refractivity contribution is 7.47. The zero-order chi connectivity index (χ0) is 46.6. The first-order valence-corrected chi connectivity index (χ1v) is 24.7. The molecule has 7 atom stereocenters. The summed E-state index contributed by atoms with van der Waals surface area (Å²) in [5.74, 6) is 0.490. The van der Waals surface area contributed by atoms with Crippen LogP contribution in [0.5, 0.6) is 11.5 Å². The Bertz CT molecular complexity index is 1890. The van der Waals surface area contributed by atoms with E-state index in [-0.39, 0.29) is 18.5 Å². The molecule has 2 aliphatic rings.